The van der Waals surface area contributed by atoms with Gasteiger partial charge in [0.2, 0.25) is 0 Å². The van der Waals surface area contributed by atoms with Gasteiger partial charge in [-0.05, 0) is 42.5 Å². The average Bonchev–Trinajstić information content (AvgIpc) is 3.34. The number of thiazole rings is 1. The fourth-order valence-electron chi connectivity index (χ4n) is 3.40. The highest BCUT2D eigenvalue weighted by Gasteiger charge is 2.12. The van der Waals surface area contributed by atoms with E-state index in [2.05, 4.69) is 31.1 Å². The zero-order chi connectivity index (χ0) is 24.9. The summed E-state index contributed by atoms with van der Waals surface area (Å²) >= 11 is 13.7. The predicted octanol–water partition coefficient (Wildman–Crippen LogP) is 7.96. The molecule has 0 bridgehead atoms. The molecule has 2 amide bonds. The molecule has 0 atom stereocenters. The molecule has 5 rings (SSSR count). The Morgan fingerprint density at radius 3 is 2.31 bits per heavy atom. The van der Waals surface area contributed by atoms with Crippen LogP contribution in [0.25, 0.3) is 22.5 Å². The smallest absolute Gasteiger partial charge is 0.324 e. The van der Waals surface area contributed by atoms with E-state index in [0.717, 1.165) is 22.5 Å². The second-order valence-corrected chi connectivity index (χ2v) is 9.28. The molecule has 7 nitrogen and oxygen atoms in total. The largest absolute Gasteiger partial charge is 0.330 e. The molecule has 36 heavy (non-hydrogen) atoms. The van der Waals surface area contributed by atoms with Crippen LogP contribution in [0.4, 0.5) is 27.1 Å². The molecule has 0 aliphatic carbocycles. The van der Waals surface area contributed by atoms with Gasteiger partial charge in [-0.3, -0.25) is 5.32 Å². The molecule has 5 aromatic rings. The average molecular weight is 533 g/mol. The maximum atomic E-state index is 12.6. The Hall–Kier alpha value is -3.98. The standard InChI is InChI=1S/C26H18Cl2N6OS/c27-17-10-11-18(19(28)14-17)23-15-36-26(31-23)30-22-9-5-4-8-21(22)29-25(35)32-24-13-12-20(33-34-24)16-6-2-1-3-7-16/h1-15H,(H,30,31)(H2,29,32,34,35). The van der Waals surface area contributed by atoms with Crippen molar-refractivity contribution in [3.05, 3.63) is 100 Å². The van der Waals surface area contributed by atoms with Crippen LogP contribution in [0.5, 0.6) is 0 Å². The Morgan fingerprint density at radius 1 is 0.778 bits per heavy atom. The number of hydrogen-bond acceptors (Lipinski definition) is 6. The zero-order valence-corrected chi connectivity index (χ0v) is 20.9. The van der Waals surface area contributed by atoms with Gasteiger partial charge in [0, 0.05) is 21.5 Å². The highest BCUT2D eigenvalue weighted by atomic mass is 35.5. The van der Waals surface area contributed by atoms with Crippen molar-refractivity contribution in [1.82, 2.24) is 15.2 Å². The van der Waals surface area contributed by atoms with E-state index in [1.54, 1.807) is 30.3 Å². The number of amides is 2. The third kappa shape index (κ3) is 5.63. The molecule has 0 aliphatic heterocycles. The van der Waals surface area contributed by atoms with Gasteiger partial charge in [-0.2, -0.15) is 0 Å². The van der Waals surface area contributed by atoms with Crippen molar-refractivity contribution in [1.29, 1.82) is 0 Å². The Morgan fingerprint density at radius 2 is 1.56 bits per heavy atom. The number of benzene rings is 3. The zero-order valence-electron chi connectivity index (χ0n) is 18.6. The van der Waals surface area contributed by atoms with Gasteiger partial charge in [0.1, 0.15) is 0 Å². The number of para-hydroxylation sites is 2. The van der Waals surface area contributed by atoms with E-state index in [1.165, 1.54) is 11.3 Å². The van der Waals surface area contributed by atoms with Gasteiger partial charge in [-0.15, -0.1) is 21.5 Å². The predicted molar refractivity (Wildman–Crippen MR) is 147 cm³/mol. The summed E-state index contributed by atoms with van der Waals surface area (Å²) in [5, 5.41) is 20.7. The molecule has 0 aliphatic rings. The SMILES string of the molecule is O=C(Nc1ccc(-c2ccccc2)nn1)Nc1ccccc1Nc1nc(-c2ccc(Cl)cc2Cl)cs1. The van der Waals surface area contributed by atoms with Crippen LogP contribution in [0.3, 0.4) is 0 Å². The summed E-state index contributed by atoms with van der Waals surface area (Å²) in [6, 6.07) is 25.4. The molecule has 3 N–H and O–H groups in total. The Bertz CT molecular complexity index is 1510. The van der Waals surface area contributed by atoms with Crippen molar-refractivity contribution in [3.8, 4) is 22.5 Å². The van der Waals surface area contributed by atoms with Gasteiger partial charge in [0.05, 0.1) is 27.8 Å². The second-order valence-electron chi connectivity index (χ2n) is 7.58. The highest BCUT2D eigenvalue weighted by Crippen LogP contribution is 2.34. The van der Waals surface area contributed by atoms with Crippen molar-refractivity contribution in [3.63, 3.8) is 0 Å². The van der Waals surface area contributed by atoms with Gasteiger partial charge >= 0.3 is 6.03 Å². The molecule has 178 valence electrons. The number of nitrogens with zero attached hydrogens (tertiary/aromatic N) is 3. The van der Waals surface area contributed by atoms with E-state index in [-0.39, 0.29) is 0 Å². The van der Waals surface area contributed by atoms with Gasteiger partial charge in [-0.25, -0.2) is 9.78 Å². The van der Waals surface area contributed by atoms with Crippen molar-refractivity contribution < 1.29 is 4.79 Å². The molecule has 3 aromatic carbocycles. The van der Waals surface area contributed by atoms with Crippen LogP contribution >= 0.6 is 34.5 Å². The fraction of sp³-hybridized carbons (Fsp3) is 0. The quantitative estimate of drug-likeness (QED) is 0.206. The lowest BCUT2D eigenvalue weighted by Gasteiger charge is -2.12. The summed E-state index contributed by atoms with van der Waals surface area (Å²) in [6.45, 7) is 0. The van der Waals surface area contributed by atoms with Crippen LogP contribution in [0.2, 0.25) is 10.0 Å². The van der Waals surface area contributed by atoms with Gasteiger partial charge < -0.3 is 10.6 Å². The molecule has 0 radical (unpaired) electrons. The lowest BCUT2D eigenvalue weighted by atomic mass is 10.1. The summed E-state index contributed by atoms with van der Waals surface area (Å²) in [5.74, 6) is 0.335. The first-order chi connectivity index (χ1) is 17.5. The van der Waals surface area contributed by atoms with Crippen molar-refractivity contribution in [2.24, 2.45) is 0 Å². The van der Waals surface area contributed by atoms with Crippen LogP contribution in [-0.4, -0.2) is 21.2 Å². The first kappa shape index (κ1) is 23.7. The topological polar surface area (TPSA) is 91.8 Å². The number of halogens is 2. The van der Waals surface area contributed by atoms with E-state index in [4.69, 9.17) is 23.2 Å². The first-order valence-corrected chi connectivity index (χ1v) is 12.4. The minimum atomic E-state index is -0.446. The summed E-state index contributed by atoms with van der Waals surface area (Å²) in [6.07, 6.45) is 0. The minimum absolute atomic E-state index is 0.335. The van der Waals surface area contributed by atoms with Gasteiger partial charge in [0.15, 0.2) is 10.9 Å². The number of hydrogen-bond donors (Lipinski definition) is 3. The van der Waals surface area contributed by atoms with E-state index in [9.17, 15) is 4.79 Å². The van der Waals surface area contributed by atoms with Crippen LogP contribution in [0.1, 0.15) is 0 Å². The molecule has 0 unspecified atom stereocenters. The number of aromatic nitrogens is 3. The molecule has 2 heterocycles. The van der Waals surface area contributed by atoms with Gasteiger partial charge in [0.25, 0.3) is 0 Å². The molecular formula is C26H18Cl2N6OS. The summed E-state index contributed by atoms with van der Waals surface area (Å²) < 4.78 is 0. The normalized spacial score (nSPS) is 10.6. The van der Waals surface area contributed by atoms with E-state index < -0.39 is 6.03 Å². The number of rotatable bonds is 6. The van der Waals surface area contributed by atoms with Crippen LogP contribution in [0, 0.1) is 0 Å². The number of nitrogens with one attached hydrogen (secondary N) is 3. The Labute approximate surface area is 221 Å². The monoisotopic (exact) mass is 532 g/mol. The van der Waals surface area contributed by atoms with Crippen molar-refractivity contribution in [2.45, 2.75) is 0 Å². The lowest BCUT2D eigenvalue weighted by molar-refractivity contribution is 0.262. The molecule has 0 spiro atoms. The molecule has 2 aromatic heterocycles. The minimum Gasteiger partial charge on any atom is -0.330 e. The number of carbonyl (C=O) groups excluding carboxylic acids is 1. The molecular weight excluding hydrogens is 515 g/mol. The molecule has 0 saturated heterocycles. The third-order valence-electron chi connectivity index (χ3n) is 5.10. The van der Waals surface area contributed by atoms with Crippen molar-refractivity contribution >= 4 is 62.9 Å². The molecule has 0 saturated carbocycles. The maximum Gasteiger partial charge on any atom is 0.324 e. The van der Waals surface area contributed by atoms with Gasteiger partial charge in [-0.1, -0.05) is 65.7 Å². The Kier molecular flexibility index (Phi) is 7.08. The summed E-state index contributed by atoms with van der Waals surface area (Å²) in [7, 11) is 0. The van der Waals surface area contributed by atoms with E-state index >= 15 is 0 Å². The Balaban J connectivity index is 1.26. The van der Waals surface area contributed by atoms with E-state index in [1.807, 2.05) is 60.0 Å². The van der Waals surface area contributed by atoms with Crippen LogP contribution in [0.15, 0.2) is 90.3 Å². The number of urea groups is 1. The highest BCUT2D eigenvalue weighted by molar-refractivity contribution is 7.14. The van der Waals surface area contributed by atoms with Crippen LogP contribution < -0.4 is 16.0 Å². The number of anilines is 4. The molecule has 0 fully saturated rings. The molecule has 10 heteroatoms. The first-order valence-electron chi connectivity index (χ1n) is 10.8. The second kappa shape index (κ2) is 10.7. The van der Waals surface area contributed by atoms with E-state index in [0.29, 0.717) is 32.4 Å². The maximum absolute atomic E-state index is 12.6. The third-order valence-corrected chi connectivity index (χ3v) is 6.41. The van der Waals surface area contributed by atoms with Crippen LogP contribution in [-0.2, 0) is 0 Å². The number of carbonyl (C=O) groups is 1. The summed E-state index contributed by atoms with van der Waals surface area (Å²) in [4.78, 5) is 17.3. The van der Waals surface area contributed by atoms with Crippen molar-refractivity contribution in [2.75, 3.05) is 16.0 Å². The lowest BCUT2D eigenvalue weighted by Crippen LogP contribution is -2.20. The fourth-order valence-corrected chi connectivity index (χ4v) is 4.63. The summed E-state index contributed by atoms with van der Waals surface area (Å²) in [5.41, 5.74) is 4.44.